The van der Waals surface area contributed by atoms with Crippen molar-refractivity contribution in [2.75, 3.05) is 11.4 Å². The lowest BCUT2D eigenvalue weighted by Crippen LogP contribution is -2.34. The first-order valence-electron chi connectivity index (χ1n) is 7.23. The summed E-state index contributed by atoms with van der Waals surface area (Å²) in [5.74, 6) is -0.367. The molecular formula is C17H12BrN3O2. The van der Waals surface area contributed by atoms with E-state index >= 15 is 0 Å². The predicted octanol–water partition coefficient (Wildman–Crippen LogP) is 2.89. The van der Waals surface area contributed by atoms with Gasteiger partial charge in [-0.05, 0) is 36.2 Å². The molecule has 1 amide bonds. The maximum Gasteiger partial charge on any atom is 0.282 e. The SMILES string of the molecule is O=C(c1nc2ccccc2[nH]c1=O)N1CCc2c(Br)cccc21. The lowest BCUT2D eigenvalue weighted by Gasteiger charge is -2.16. The van der Waals surface area contributed by atoms with Crippen LogP contribution in [0.15, 0.2) is 51.7 Å². The number of hydrogen-bond acceptors (Lipinski definition) is 3. The number of amides is 1. The van der Waals surface area contributed by atoms with Crippen LogP contribution in [0.4, 0.5) is 5.69 Å². The van der Waals surface area contributed by atoms with Crippen molar-refractivity contribution < 1.29 is 4.79 Å². The summed E-state index contributed by atoms with van der Waals surface area (Å²) >= 11 is 3.51. The van der Waals surface area contributed by atoms with Crippen molar-refractivity contribution in [1.82, 2.24) is 9.97 Å². The molecule has 0 spiro atoms. The maximum atomic E-state index is 12.8. The Balaban J connectivity index is 1.81. The molecule has 114 valence electrons. The third-order valence-electron chi connectivity index (χ3n) is 4.02. The zero-order valence-corrected chi connectivity index (χ0v) is 13.6. The van der Waals surface area contributed by atoms with E-state index < -0.39 is 5.56 Å². The monoisotopic (exact) mass is 369 g/mol. The number of halogens is 1. The first kappa shape index (κ1) is 14.1. The number of hydrogen-bond donors (Lipinski definition) is 1. The second-order valence-electron chi connectivity index (χ2n) is 5.38. The predicted molar refractivity (Wildman–Crippen MR) is 91.9 cm³/mol. The fourth-order valence-corrected chi connectivity index (χ4v) is 3.46. The lowest BCUT2D eigenvalue weighted by atomic mass is 10.2. The number of aromatic nitrogens is 2. The molecule has 2 aromatic carbocycles. The van der Waals surface area contributed by atoms with Gasteiger partial charge in [0.2, 0.25) is 0 Å². The Morgan fingerprint density at radius 1 is 1.17 bits per heavy atom. The maximum absolute atomic E-state index is 12.8. The van der Waals surface area contributed by atoms with Gasteiger partial charge in [-0.1, -0.05) is 34.1 Å². The van der Waals surface area contributed by atoms with Gasteiger partial charge in [0.05, 0.1) is 11.0 Å². The second kappa shape index (κ2) is 5.31. The Morgan fingerprint density at radius 3 is 2.87 bits per heavy atom. The van der Waals surface area contributed by atoms with Crippen molar-refractivity contribution in [3.63, 3.8) is 0 Å². The van der Waals surface area contributed by atoms with Crippen molar-refractivity contribution in [2.24, 2.45) is 0 Å². The number of benzene rings is 2. The molecule has 0 saturated heterocycles. The number of H-pyrrole nitrogens is 1. The van der Waals surface area contributed by atoms with Crippen molar-refractivity contribution in [1.29, 1.82) is 0 Å². The molecule has 1 aromatic heterocycles. The van der Waals surface area contributed by atoms with Gasteiger partial charge >= 0.3 is 0 Å². The molecular weight excluding hydrogens is 358 g/mol. The molecule has 2 heterocycles. The van der Waals surface area contributed by atoms with E-state index in [9.17, 15) is 9.59 Å². The Bertz CT molecular complexity index is 997. The zero-order valence-electron chi connectivity index (χ0n) is 12.0. The molecule has 0 saturated carbocycles. The van der Waals surface area contributed by atoms with Crippen LogP contribution in [0, 0.1) is 0 Å². The zero-order chi connectivity index (χ0) is 16.0. The van der Waals surface area contributed by atoms with E-state index in [1.54, 1.807) is 17.0 Å². The Labute approximate surface area is 140 Å². The Morgan fingerprint density at radius 2 is 2.00 bits per heavy atom. The third kappa shape index (κ3) is 2.26. The molecule has 3 aromatic rings. The number of aromatic amines is 1. The molecule has 0 unspecified atom stereocenters. The van der Waals surface area contributed by atoms with E-state index in [0.717, 1.165) is 22.1 Å². The summed E-state index contributed by atoms with van der Waals surface area (Å²) in [4.78, 5) is 33.7. The molecule has 0 bridgehead atoms. The average Bonchev–Trinajstić information content (AvgIpc) is 2.99. The third-order valence-corrected chi connectivity index (χ3v) is 4.76. The van der Waals surface area contributed by atoms with E-state index in [2.05, 4.69) is 25.9 Å². The van der Waals surface area contributed by atoms with Gasteiger partial charge in [0.15, 0.2) is 5.69 Å². The molecule has 0 aliphatic carbocycles. The van der Waals surface area contributed by atoms with Gasteiger partial charge in [-0.2, -0.15) is 0 Å². The van der Waals surface area contributed by atoms with Crippen LogP contribution in [0.1, 0.15) is 16.1 Å². The van der Waals surface area contributed by atoms with Crippen LogP contribution >= 0.6 is 15.9 Å². The van der Waals surface area contributed by atoms with Crippen LogP contribution in [-0.4, -0.2) is 22.4 Å². The summed E-state index contributed by atoms with van der Waals surface area (Å²) in [5.41, 5.74) is 2.60. The minimum atomic E-state index is -0.461. The van der Waals surface area contributed by atoms with Crippen LogP contribution in [0.5, 0.6) is 0 Å². The van der Waals surface area contributed by atoms with Crippen molar-refractivity contribution in [3.8, 4) is 0 Å². The molecule has 23 heavy (non-hydrogen) atoms. The summed E-state index contributed by atoms with van der Waals surface area (Å²) in [6.07, 6.45) is 0.758. The quantitative estimate of drug-likeness (QED) is 0.717. The van der Waals surface area contributed by atoms with E-state index in [1.165, 1.54) is 0 Å². The highest BCUT2D eigenvalue weighted by Gasteiger charge is 2.29. The van der Waals surface area contributed by atoms with Crippen LogP contribution in [0.25, 0.3) is 11.0 Å². The topological polar surface area (TPSA) is 66.1 Å². The number of nitrogens with one attached hydrogen (secondary N) is 1. The molecule has 0 atom stereocenters. The van der Waals surface area contributed by atoms with Crippen LogP contribution in [-0.2, 0) is 6.42 Å². The Kier molecular flexibility index (Phi) is 3.27. The molecule has 5 nitrogen and oxygen atoms in total. The molecule has 1 N–H and O–H groups in total. The van der Waals surface area contributed by atoms with Gasteiger partial charge in [-0.15, -0.1) is 0 Å². The van der Waals surface area contributed by atoms with Crippen molar-refractivity contribution >= 4 is 38.6 Å². The number of fused-ring (bicyclic) bond motifs is 2. The second-order valence-corrected chi connectivity index (χ2v) is 6.23. The molecule has 1 aliphatic heterocycles. The standard InChI is InChI=1S/C17H12BrN3O2/c18-11-4-3-7-14-10(11)8-9-21(14)17(23)15-16(22)20-13-6-2-1-5-12(13)19-15/h1-7H,8-9H2,(H,20,22). The van der Waals surface area contributed by atoms with E-state index in [0.29, 0.717) is 17.6 Å². The fourth-order valence-electron chi connectivity index (χ4n) is 2.90. The molecule has 6 heteroatoms. The first-order valence-corrected chi connectivity index (χ1v) is 8.03. The van der Waals surface area contributed by atoms with Gasteiger partial charge in [-0.3, -0.25) is 9.59 Å². The van der Waals surface area contributed by atoms with Gasteiger partial charge in [0, 0.05) is 16.7 Å². The van der Waals surface area contributed by atoms with E-state index in [1.807, 2.05) is 30.3 Å². The van der Waals surface area contributed by atoms with E-state index in [4.69, 9.17) is 0 Å². The summed E-state index contributed by atoms with van der Waals surface area (Å²) in [7, 11) is 0. The number of rotatable bonds is 1. The number of carbonyl (C=O) groups is 1. The number of anilines is 1. The van der Waals surface area contributed by atoms with Crippen molar-refractivity contribution in [2.45, 2.75) is 6.42 Å². The molecule has 4 rings (SSSR count). The van der Waals surface area contributed by atoms with E-state index in [-0.39, 0.29) is 11.6 Å². The van der Waals surface area contributed by atoms with Crippen LogP contribution in [0.2, 0.25) is 0 Å². The minimum Gasteiger partial charge on any atom is -0.319 e. The normalized spacial score (nSPS) is 13.3. The fraction of sp³-hybridized carbons (Fsp3) is 0.118. The highest BCUT2D eigenvalue weighted by atomic mass is 79.9. The molecule has 0 fully saturated rings. The van der Waals surface area contributed by atoms with Gasteiger partial charge in [0.25, 0.3) is 11.5 Å². The van der Waals surface area contributed by atoms with Crippen LogP contribution in [0.3, 0.4) is 0 Å². The summed E-state index contributed by atoms with van der Waals surface area (Å²) < 4.78 is 0.977. The summed E-state index contributed by atoms with van der Waals surface area (Å²) in [6, 6.07) is 12.9. The van der Waals surface area contributed by atoms with Gasteiger partial charge in [-0.25, -0.2) is 4.98 Å². The summed E-state index contributed by atoms with van der Waals surface area (Å²) in [6.45, 7) is 0.546. The number of para-hydroxylation sites is 2. The Hall–Kier alpha value is -2.47. The summed E-state index contributed by atoms with van der Waals surface area (Å²) in [5, 5.41) is 0. The minimum absolute atomic E-state index is 0.0727. The highest BCUT2D eigenvalue weighted by molar-refractivity contribution is 9.10. The highest BCUT2D eigenvalue weighted by Crippen LogP contribution is 2.34. The number of nitrogens with zero attached hydrogens (tertiary/aromatic N) is 2. The molecule has 0 radical (unpaired) electrons. The first-order chi connectivity index (χ1) is 11.1. The smallest absolute Gasteiger partial charge is 0.282 e. The molecule has 1 aliphatic rings. The van der Waals surface area contributed by atoms with Crippen LogP contribution < -0.4 is 10.5 Å². The lowest BCUT2D eigenvalue weighted by molar-refractivity contribution is 0.0983. The largest absolute Gasteiger partial charge is 0.319 e. The van der Waals surface area contributed by atoms with Gasteiger partial charge < -0.3 is 9.88 Å². The van der Waals surface area contributed by atoms with Crippen molar-refractivity contribution in [3.05, 3.63) is 68.5 Å². The average molecular weight is 370 g/mol. The number of carbonyl (C=O) groups excluding carboxylic acids is 1. The van der Waals surface area contributed by atoms with Gasteiger partial charge in [0.1, 0.15) is 0 Å².